The Morgan fingerprint density at radius 1 is 1.06 bits per heavy atom. The minimum absolute atomic E-state index is 0.257. The lowest BCUT2D eigenvalue weighted by Crippen LogP contribution is -2.37. The number of carbonyl (C=O) groups excluding carboxylic acids is 1. The first-order valence-electron chi connectivity index (χ1n) is 10.7. The lowest BCUT2D eigenvalue weighted by Gasteiger charge is -2.12. The Bertz CT molecular complexity index is 1200. The second kappa shape index (κ2) is 10.3. The van der Waals surface area contributed by atoms with Crippen LogP contribution in [0.2, 0.25) is 0 Å². The van der Waals surface area contributed by atoms with Gasteiger partial charge in [-0.1, -0.05) is 18.2 Å². The summed E-state index contributed by atoms with van der Waals surface area (Å²) in [5.41, 5.74) is 5.17. The summed E-state index contributed by atoms with van der Waals surface area (Å²) in [5, 5.41) is 5.72. The molecule has 0 fully saturated rings. The Hall–Kier alpha value is -2.97. The van der Waals surface area contributed by atoms with Gasteiger partial charge in [-0.15, -0.1) is 0 Å². The van der Waals surface area contributed by atoms with E-state index in [4.69, 9.17) is 0 Å². The highest BCUT2D eigenvalue weighted by atomic mass is 32.2. The van der Waals surface area contributed by atoms with Crippen LogP contribution in [0.5, 0.6) is 0 Å². The van der Waals surface area contributed by atoms with Gasteiger partial charge in [-0.3, -0.25) is 0 Å². The van der Waals surface area contributed by atoms with Gasteiger partial charge in [0.2, 0.25) is 0 Å². The Morgan fingerprint density at radius 3 is 2.39 bits per heavy atom. The van der Waals surface area contributed by atoms with E-state index in [1.54, 1.807) is 30.3 Å². The molecule has 8 heteroatoms. The summed E-state index contributed by atoms with van der Waals surface area (Å²) in [5.74, 6) is -0.342. The second-order valence-corrected chi connectivity index (χ2v) is 10.5. The molecular formula is C25H30FN3O3S. The number of urea groups is 1. The molecule has 33 heavy (non-hydrogen) atoms. The van der Waals surface area contributed by atoms with Crippen molar-refractivity contribution in [3.63, 3.8) is 0 Å². The SMILES string of the molecule is CC1=C(CNC(=O)NCCCN(C)C)c2cc(F)ccc2C1=Cc1ccc(S(C)(=O)=O)cc1. The Kier molecular flexibility index (Phi) is 7.71. The molecule has 2 amide bonds. The summed E-state index contributed by atoms with van der Waals surface area (Å²) in [6, 6.07) is 11.0. The molecule has 2 aromatic rings. The van der Waals surface area contributed by atoms with Crippen LogP contribution >= 0.6 is 0 Å². The van der Waals surface area contributed by atoms with Gasteiger partial charge in [0.25, 0.3) is 0 Å². The van der Waals surface area contributed by atoms with Crippen molar-refractivity contribution in [2.45, 2.75) is 18.2 Å². The molecule has 6 nitrogen and oxygen atoms in total. The summed E-state index contributed by atoms with van der Waals surface area (Å²) in [6.07, 6.45) is 3.97. The maximum absolute atomic E-state index is 14.0. The summed E-state index contributed by atoms with van der Waals surface area (Å²) in [4.78, 5) is 14.5. The number of rotatable bonds is 8. The molecule has 0 saturated heterocycles. The Labute approximate surface area is 195 Å². The number of allylic oxidation sites excluding steroid dienone is 2. The van der Waals surface area contributed by atoms with Gasteiger partial charge in [0.1, 0.15) is 5.82 Å². The highest BCUT2D eigenvalue weighted by Gasteiger charge is 2.24. The van der Waals surface area contributed by atoms with Gasteiger partial charge in [-0.25, -0.2) is 17.6 Å². The van der Waals surface area contributed by atoms with E-state index >= 15 is 0 Å². The molecular weight excluding hydrogens is 441 g/mol. The molecule has 0 heterocycles. The van der Waals surface area contributed by atoms with E-state index in [-0.39, 0.29) is 23.3 Å². The van der Waals surface area contributed by atoms with Crippen molar-refractivity contribution in [1.82, 2.24) is 15.5 Å². The van der Waals surface area contributed by atoms with Gasteiger partial charge < -0.3 is 15.5 Å². The molecule has 1 aliphatic rings. The fraction of sp³-hybridized carbons (Fsp3) is 0.320. The first-order valence-corrected chi connectivity index (χ1v) is 12.6. The lowest BCUT2D eigenvalue weighted by atomic mass is 10.0. The predicted molar refractivity (Wildman–Crippen MR) is 131 cm³/mol. The summed E-state index contributed by atoms with van der Waals surface area (Å²) in [7, 11) is 0.698. The van der Waals surface area contributed by atoms with E-state index in [0.29, 0.717) is 6.54 Å². The minimum atomic E-state index is -3.27. The molecule has 0 spiro atoms. The number of sulfone groups is 1. The van der Waals surface area contributed by atoms with Crippen LogP contribution in [0.15, 0.2) is 52.9 Å². The van der Waals surface area contributed by atoms with Gasteiger partial charge >= 0.3 is 6.03 Å². The Morgan fingerprint density at radius 2 is 1.76 bits per heavy atom. The molecule has 0 radical (unpaired) electrons. The monoisotopic (exact) mass is 471 g/mol. The number of nitrogens with one attached hydrogen (secondary N) is 2. The normalized spacial score (nSPS) is 14.7. The molecule has 0 atom stereocenters. The number of hydrogen-bond acceptors (Lipinski definition) is 4. The summed E-state index contributed by atoms with van der Waals surface area (Å²) >= 11 is 0. The fourth-order valence-electron chi connectivity index (χ4n) is 3.79. The van der Waals surface area contributed by atoms with Crippen LogP contribution in [0.1, 0.15) is 30.0 Å². The largest absolute Gasteiger partial charge is 0.338 e. The Balaban J connectivity index is 1.81. The third kappa shape index (κ3) is 6.30. The zero-order chi connectivity index (χ0) is 24.2. The van der Waals surface area contributed by atoms with Crippen molar-refractivity contribution < 1.29 is 17.6 Å². The maximum atomic E-state index is 14.0. The smallest absolute Gasteiger partial charge is 0.315 e. The summed E-state index contributed by atoms with van der Waals surface area (Å²) < 4.78 is 37.5. The van der Waals surface area contributed by atoms with Crippen molar-refractivity contribution in [1.29, 1.82) is 0 Å². The molecule has 0 bridgehead atoms. The molecule has 0 aromatic heterocycles. The van der Waals surface area contributed by atoms with Crippen LogP contribution in [-0.4, -0.2) is 59.3 Å². The molecule has 176 valence electrons. The third-order valence-electron chi connectivity index (χ3n) is 5.57. The van der Waals surface area contributed by atoms with Crippen molar-refractivity contribution >= 4 is 33.1 Å². The number of amides is 2. The van der Waals surface area contributed by atoms with Crippen LogP contribution in [0, 0.1) is 5.82 Å². The maximum Gasteiger partial charge on any atom is 0.315 e. The quantitative estimate of drug-likeness (QED) is 0.574. The van der Waals surface area contributed by atoms with Gasteiger partial charge in [-0.05, 0) is 97.7 Å². The van der Waals surface area contributed by atoms with Gasteiger partial charge in [0.15, 0.2) is 9.84 Å². The fourth-order valence-corrected chi connectivity index (χ4v) is 4.42. The van der Waals surface area contributed by atoms with E-state index in [2.05, 4.69) is 15.5 Å². The third-order valence-corrected chi connectivity index (χ3v) is 6.69. The first kappa shape index (κ1) is 24.7. The molecule has 0 saturated carbocycles. The number of carbonyl (C=O) groups is 1. The zero-order valence-corrected chi connectivity index (χ0v) is 20.2. The van der Waals surface area contributed by atoms with E-state index in [9.17, 15) is 17.6 Å². The molecule has 0 aliphatic heterocycles. The highest BCUT2D eigenvalue weighted by Crippen LogP contribution is 2.42. The van der Waals surface area contributed by atoms with Gasteiger partial charge in [-0.2, -0.15) is 0 Å². The molecule has 3 rings (SSSR count). The van der Waals surface area contributed by atoms with Crippen LogP contribution in [0.4, 0.5) is 9.18 Å². The second-order valence-electron chi connectivity index (χ2n) is 8.46. The standard InChI is InChI=1S/C25H30FN3O3S/c1-17-22(14-18-6-9-20(10-7-18)33(4,31)32)21-11-8-19(26)15-23(21)24(17)16-28-25(30)27-12-5-13-29(2)3/h6-11,14-15H,5,12-13,16H2,1-4H3,(H2,27,28,30). The zero-order valence-electron chi connectivity index (χ0n) is 19.4. The molecule has 2 N–H and O–H groups in total. The van der Waals surface area contributed by atoms with E-state index in [0.717, 1.165) is 46.4 Å². The topological polar surface area (TPSA) is 78.5 Å². The van der Waals surface area contributed by atoms with E-state index in [1.165, 1.54) is 18.4 Å². The minimum Gasteiger partial charge on any atom is -0.338 e. The molecule has 2 aromatic carbocycles. The van der Waals surface area contributed by atoms with E-state index in [1.807, 2.05) is 27.1 Å². The average Bonchev–Trinajstić information content (AvgIpc) is 2.99. The highest BCUT2D eigenvalue weighted by molar-refractivity contribution is 7.90. The van der Waals surface area contributed by atoms with Crippen LogP contribution in [0.25, 0.3) is 17.2 Å². The predicted octanol–water partition coefficient (Wildman–Crippen LogP) is 3.81. The number of halogens is 1. The lowest BCUT2D eigenvalue weighted by molar-refractivity contribution is 0.241. The van der Waals surface area contributed by atoms with Gasteiger partial charge in [0, 0.05) is 19.3 Å². The van der Waals surface area contributed by atoms with Crippen molar-refractivity contribution in [3.05, 3.63) is 70.5 Å². The van der Waals surface area contributed by atoms with Crippen molar-refractivity contribution in [2.24, 2.45) is 0 Å². The van der Waals surface area contributed by atoms with Crippen LogP contribution < -0.4 is 10.6 Å². The first-order chi connectivity index (χ1) is 15.6. The molecule has 0 unspecified atom stereocenters. The summed E-state index contributed by atoms with van der Waals surface area (Å²) in [6.45, 7) is 3.67. The number of benzene rings is 2. The van der Waals surface area contributed by atoms with Crippen LogP contribution in [-0.2, 0) is 9.84 Å². The number of hydrogen-bond donors (Lipinski definition) is 2. The number of fused-ring (bicyclic) bond motifs is 1. The van der Waals surface area contributed by atoms with Crippen molar-refractivity contribution in [3.8, 4) is 0 Å². The van der Waals surface area contributed by atoms with Gasteiger partial charge in [0.05, 0.1) is 4.90 Å². The van der Waals surface area contributed by atoms with Crippen molar-refractivity contribution in [2.75, 3.05) is 40.0 Å². The van der Waals surface area contributed by atoms with E-state index < -0.39 is 9.84 Å². The molecule has 1 aliphatic carbocycles. The van der Waals surface area contributed by atoms with Crippen LogP contribution in [0.3, 0.4) is 0 Å². The number of nitrogens with zero attached hydrogens (tertiary/aromatic N) is 1. The average molecular weight is 472 g/mol.